The molecule has 0 aromatic rings. The summed E-state index contributed by atoms with van der Waals surface area (Å²) in [5.74, 6) is 0.214. The number of nitrogens with one attached hydrogen (secondary N) is 1. The average molecular weight is 212 g/mol. The van der Waals surface area contributed by atoms with E-state index in [4.69, 9.17) is 0 Å². The first-order chi connectivity index (χ1) is 7.12. The molecule has 0 aromatic heterocycles. The van der Waals surface area contributed by atoms with E-state index >= 15 is 0 Å². The lowest BCUT2D eigenvalue weighted by Gasteiger charge is -2.35. The highest BCUT2D eigenvalue weighted by Gasteiger charge is 2.39. The lowest BCUT2D eigenvalue weighted by molar-refractivity contribution is -0.141. The number of carbonyl (C=O) groups excluding carboxylic acids is 1. The van der Waals surface area contributed by atoms with Crippen LogP contribution in [0.4, 0.5) is 0 Å². The van der Waals surface area contributed by atoms with Gasteiger partial charge in [0.05, 0.1) is 11.5 Å². The number of nitrogens with zero attached hydrogens (tertiary/aromatic N) is 1. The van der Waals surface area contributed by atoms with Gasteiger partial charge in [0, 0.05) is 19.6 Å². The summed E-state index contributed by atoms with van der Waals surface area (Å²) in [6.07, 6.45) is 2.45. The monoisotopic (exact) mass is 212 g/mol. The quantitative estimate of drug-likeness (QED) is 0.642. The highest BCUT2D eigenvalue weighted by molar-refractivity contribution is 5.83. The molecule has 86 valence electrons. The van der Waals surface area contributed by atoms with E-state index in [0.29, 0.717) is 6.54 Å². The SMILES string of the molecule is CC1(C(=O)N2CCC(O)C2)CCCNC1. The van der Waals surface area contributed by atoms with E-state index in [1.165, 1.54) is 0 Å². The number of likely N-dealkylation sites (tertiary alicyclic amines) is 1. The van der Waals surface area contributed by atoms with Crippen molar-refractivity contribution in [1.29, 1.82) is 0 Å². The molecule has 2 unspecified atom stereocenters. The molecule has 2 fully saturated rings. The predicted molar refractivity (Wildman–Crippen MR) is 57.4 cm³/mol. The molecule has 2 rings (SSSR count). The Kier molecular flexibility index (Phi) is 2.98. The van der Waals surface area contributed by atoms with Gasteiger partial charge in [0.1, 0.15) is 0 Å². The molecule has 2 aliphatic heterocycles. The van der Waals surface area contributed by atoms with Gasteiger partial charge in [-0.2, -0.15) is 0 Å². The molecule has 2 heterocycles. The number of amides is 1. The van der Waals surface area contributed by atoms with Gasteiger partial charge in [0.25, 0.3) is 0 Å². The standard InChI is InChI=1S/C11H20N2O2/c1-11(4-2-5-12-8-11)10(15)13-6-3-9(14)7-13/h9,12,14H,2-8H2,1H3. The first-order valence-electron chi connectivity index (χ1n) is 5.80. The summed E-state index contributed by atoms with van der Waals surface area (Å²) in [4.78, 5) is 14.1. The van der Waals surface area contributed by atoms with E-state index in [-0.39, 0.29) is 17.4 Å². The minimum absolute atomic E-state index is 0.214. The maximum atomic E-state index is 12.2. The molecule has 0 spiro atoms. The van der Waals surface area contributed by atoms with Crippen molar-refractivity contribution in [3.05, 3.63) is 0 Å². The van der Waals surface area contributed by atoms with Gasteiger partial charge >= 0.3 is 0 Å². The van der Waals surface area contributed by atoms with Crippen molar-refractivity contribution >= 4 is 5.91 Å². The van der Waals surface area contributed by atoms with Crippen molar-refractivity contribution in [1.82, 2.24) is 10.2 Å². The molecule has 15 heavy (non-hydrogen) atoms. The largest absolute Gasteiger partial charge is 0.391 e. The van der Waals surface area contributed by atoms with Gasteiger partial charge in [-0.05, 0) is 32.7 Å². The summed E-state index contributed by atoms with van der Waals surface area (Å²) in [7, 11) is 0. The second-order valence-electron chi connectivity index (χ2n) is 5.03. The normalized spacial score (nSPS) is 36.9. The van der Waals surface area contributed by atoms with Crippen molar-refractivity contribution in [3.8, 4) is 0 Å². The molecule has 4 heteroatoms. The first-order valence-corrected chi connectivity index (χ1v) is 5.80. The number of hydrogen-bond donors (Lipinski definition) is 2. The molecular weight excluding hydrogens is 192 g/mol. The van der Waals surface area contributed by atoms with Gasteiger partial charge in [0.2, 0.25) is 5.91 Å². The van der Waals surface area contributed by atoms with Crippen molar-refractivity contribution in [2.75, 3.05) is 26.2 Å². The minimum Gasteiger partial charge on any atom is -0.391 e. The third kappa shape index (κ3) is 2.16. The number of hydrogen-bond acceptors (Lipinski definition) is 3. The van der Waals surface area contributed by atoms with Crippen LogP contribution in [0.15, 0.2) is 0 Å². The lowest BCUT2D eigenvalue weighted by atomic mass is 9.81. The van der Waals surface area contributed by atoms with Gasteiger partial charge in [-0.1, -0.05) is 0 Å². The average Bonchev–Trinajstić information content (AvgIpc) is 2.65. The fourth-order valence-electron chi connectivity index (χ4n) is 2.55. The summed E-state index contributed by atoms with van der Waals surface area (Å²) >= 11 is 0. The van der Waals surface area contributed by atoms with E-state index in [0.717, 1.165) is 38.9 Å². The molecule has 1 amide bonds. The fourth-order valence-corrected chi connectivity index (χ4v) is 2.55. The van der Waals surface area contributed by atoms with E-state index in [9.17, 15) is 9.90 Å². The zero-order valence-electron chi connectivity index (χ0n) is 9.33. The predicted octanol–water partition coefficient (Wildman–Crippen LogP) is -0.0307. The molecule has 2 saturated heterocycles. The van der Waals surface area contributed by atoms with Gasteiger partial charge in [-0.25, -0.2) is 0 Å². The fraction of sp³-hybridized carbons (Fsp3) is 0.909. The Labute approximate surface area is 90.6 Å². The third-order valence-corrected chi connectivity index (χ3v) is 3.56. The molecule has 0 aromatic carbocycles. The van der Waals surface area contributed by atoms with Gasteiger partial charge in [0.15, 0.2) is 0 Å². The van der Waals surface area contributed by atoms with Crippen LogP contribution in [-0.2, 0) is 4.79 Å². The maximum absolute atomic E-state index is 12.2. The van der Waals surface area contributed by atoms with Crippen LogP contribution in [-0.4, -0.2) is 48.2 Å². The molecule has 2 aliphatic rings. The van der Waals surface area contributed by atoms with Gasteiger partial charge in [-0.15, -0.1) is 0 Å². The number of aliphatic hydroxyl groups is 1. The van der Waals surface area contributed by atoms with Crippen LogP contribution < -0.4 is 5.32 Å². The van der Waals surface area contributed by atoms with E-state index < -0.39 is 0 Å². The van der Waals surface area contributed by atoms with Crippen LogP contribution >= 0.6 is 0 Å². The lowest BCUT2D eigenvalue weighted by Crippen LogP contribution is -2.49. The second kappa shape index (κ2) is 4.10. The number of β-amino-alcohol motifs (C(OH)–C–C–N with tert-alkyl or cyclic N) is 1. The second-order valence-corrected chi connectivity index (χ2v) is 5.03. The molecule has 0 saturated carbocycles. The zero-order chi connectivity index (χ0) is 10.9. The number of aliphatic hydroxyl groups excluding tert-OH is 1. The Balaban J connectivity index is 1.99. The Hall–Kier alpha value is -0.610. The molecule has 2 atom stereocenters. The Morgan fingerprint density at radius 2 is 2.40 bits per heavy atom. The van der Waals surface area contributed by atoms with Crippen LogP contribution in [0.3, 0.4) is 0 Å². The Morgan fingerprint density at radius 1 is 1.60 bits per heavy atom. The van der Waals surface area contributed by atoms with E-state index in [1.54, 1.807) is 0 Å². The number of piperidine rings is 1. The summed E-state index contributed by atoms with van der Waals surface area (Å²) in [6, 6.07) is 0. The van der Waals surface area contributed by atoms with Crippen LogP contribution in [0.1, 0.15) is 26.2 Å². The topological polar surface area (TPSA) is 52.6 Å². The molecule has 4 nitrogen and oxygen atoms in total. The van der Waals surface area contributed by atoms with Crippen LogP contribution in [0.2, 0.25) is 0 Å². The highest BCUT2D eigenvalue weighted by Crippen LogP contribution is 2.29. The van der Waals surface area contributed by atoms with Crippen molar-refractivity contribution in [2.24, 2.45) is 5.41 Å². The van der Waals surface area contributed by atoms with E-state index in [2.05, 4.69) is 5.32 Å². The van der Waals surface area contributed by atoms with Crippen molar-refractivity contribution in [3.63, 3.8) is 0 Å². The smallest absolute Gasteiger partial charge is 0.229 e. The summed E-state index contributed by atoms with van der Waals surface area (Å²) < 4.78 is 0. The molecule has 0 aliphatic carbocycles. The minimum atomic E-state index is -0.311. The first kappa shape index (κ1) is 10.9. The summed E-state index contributed by atoms with van der Waals surface area (Å²) in [5.41, 5.74) is -0.248. The molecule has 0 bridgehead atoms. The highest BCUT2D eigenvalue weighted by atomic mass is 16.3. The zero-order valence-corrected chi connectivity index (χ0v) is 9.33. The molecular formula is C11H20N2O2. The molecule has 2 N–H and O–H groups in total. The number of carbonyl (C=O) groups is 1. The summed E-state index contributed by atoms with van der Waals surface area (Å²) in [5, 5.41) is 12.7. The number of rotatable bonds is 1. The van der Waals surface area contributed by atoms with Gasteiger partial charge < -0.3 is 15.3 Å². The van der Waals surface area contributed by atoms with Gasteiger partial charge in [-0.3, -0.25) is 4.79 Å². The maximum Gasteiger partial charge on any atom is 0.229 e. The van der Waals surface area contributed by atoms with Crippen molar-refractivity contribution < 1.29 is 9.90 Å². The molecule has 0 radical (unpaired) electrons. The summed E-state index contributed by atoms with van der Waals surface area (Å²) in [6.45, 7) is 5.07. The Morgan fingerprint density at radius 3 is 2.93 bits per heavy atom. The Bertz CT molecular complexity index is 249. The van der Waals surface area contributed by atoms with Crippen molar-refractivity contribution in [2.45, 2.75) is 32.3 Å². The van der Waals surface area contributed by atoms with Crippen LogP contribution in [0.5, 0.6) is 0 Å². The third-order valence-electron chi connectivity index (χ3n) is 3.56. The van der Waals surface area contributed by atoms with E-state index in [1.807, 2.05) is 11.8 Å². The van der Waals surface area contributed by atoms with Crippen LogP contribution in [0, 0.1) is 5.41 Å². The van der Waals surface area contributed by atoms with Crippen LogP contribution in [0.25, 0.3) is 0 Å².